The number of carbonyl (C=O) groups excluding carboxylic acids is 2. The lowest BCUT2D eigenvalue weighted by atomic mass is 9.83. The molecule has 0 N–H and O–H groups in total. The Morgan fingerprint density at radius 1 is 1.17 bits per heavy atom. The molecule has 3 fully saturated rings. The molecule has 3 saturated heterocycles. The maximum absolute atomic E-state index is 12.8. The van der Waals surface area contributed by atoms with Gasteiger partial charge in [-0.25, -0.2) is 8.42 Å². The average molecular weight is 356 g/mol. The molecule has 0 unspecified atom stereocenters. The second-order valence-corrected chi connectivity index (χ2v) is 9.76. The summed E-state index contributed by atoms with van der Waals surface area (Å²) in [4.78, 5) is 28.9. The van der Waals surface area contributed by atoms with E-state index in [-0.39, 0.29) is 35.3 Å². The summed E-state index contributed by atoms with van der Waals surface area (Å²) in [5.74, 6) is 0.906. The molecule has 0 bridgehead atoms. The third-order valence-electron chi connectivity index (χ3n) is 5.82. The topological polar surface area (TPSA) is 74.8 Å². The lowest BCUT2D eigenvalue weighted by Crippen LogP contribution is -2.57. The van der Waals surface area contributed by atoms with Gasteiger partial charge < -0.3 is 9.80 Å². The van der Waals surface area contributed by atoms with Crippen molar-refractivity contribution in [3.63, 3.8) is 0 Å². The van der Waals surface area contributed by atoms with Crippen LogP contribution in [0.2, 0.25) is 0 Å². The van der Waals surface area contributed by atoms with Crippen LogP contribution in [0.4, 0.5) is 0 Å². The van der Waals surface area contributed by atoms with Crippen molar-refractivity contribution < 1.29 is 18.0 Å². The fourth-order valence-electron chi connectivity index (χ4n) is 4.48. The summed E-state index contributed by atoms with van der Waals surface area (Å²) < 4.78 is 23.1. The first-order valence-corrected chi connectivity index (χ1v) is 11.0. The average Bonchev–Trinajstić information content (AvgIpc) is 2.56. The Morgan fingerprint density at radius 3 is 2.54 bits per heavy atom. The third kappa shape index (κ3) is 3.60. The van der Waals surface area contributed by atoms with Crippen molar-refractivity contribution in [1.29, 1.82) is 0 Å². The second kappa shape index (κ2) is 7.02. The fourth-order valence-corrected chi connectivity index (χ4v) is 5.97. The summed E-state index contributed by atoms with van der Waals surface area (Å²) in [6.45, 7) is 4.32. The van der Waals surface area contributed by atoms with Crippen LogP contribution in [0.15, 0.2) is 0 Å². The van der Waals surface area contributed by atoms with Gasteiger partial charge in [0.15, 0.2) is 0 Å². The van der Waals surface area contributed by atoms with E-state index in [4.69, 9.17) is 0 Å². The number of likely N-dealkylation sites (tertiary alicyclic amines) is 2. The van der Waals surface area contributed by atoms with Crippen molar-refractivity contribution in [1.82, 2.24) is 9.80 Å². The molecule has 24 heavy (non-hydrogen) atoms. The quantitative estimate of drug-likeness (QED) is 0.758. The summed E-state index contributed by atoms with van der Waals surface area (Å²) >= 11 is 0. The molecule has 7 heteroatoms. The predicted octanol–water partition coefficient (Wildman–Crippen LogP) is 1.06. The molecular formula is C17H28N2O4S. The molecule has 3 rings (SSSR count). The van der Waals surface area contributed by atoms with Gasteiger partial charge in [-0.2, -0.15) is 0 Å². The van der Waals surface area contributed by atoms with Gasteiger partial charge in [0.1, 0.15) is 9.84 Å². The molecule has 0 aromatic heterocycles. The Kier molecular flexibility index (Phi) is 5.18. The van der Waals surface area contributed by atoms with Crippen LogP contribution in [0.1, 0.15) is 45.4 Å². The number of carbonyl (C=O) groups is 2. The van der Waals surface area contributed by atoms with Gasteiger partial charge in [0.05, 0.1) is 11.5 Å². The summed E-state index contributed by atoms with van der Waals surface area (Å²) in [5.41, 5.74) is 0. The van der Waals surface area contributed by atoms with Crippen molar-refractivity contribution in [2.75, 3.05) is 31.1 Å². The van der Waals surface area contributed by atoms with Gasteiger partial charge in [0.2, 0.25) is 11.8 Å². The summed E-state index contributed by atoms with van der Waals surface area (Å²) in [5, 5.41) is 0. The van der Waals surface area contributed by atoms with Crippen LogP contribution in [0.3, 0.4) is 0 Å². The Morgan fingerprint density at radius 2 is 1.88 bits per heavy atom. The number of hydrogen-bond acceptors (Lipinski definition) is 4. The van der Waals surface area contributed by atoms with Crippen LogP contribution in [-0.2, 0) is 19.4 Å². The van der Waals surface area contributed by atoms with E-state index < -0.39 is 9.84 Å². The van der Waals surface area contributed by atoms with E-state index >= 15 is 0 Å². The number of rotatable bonds is 3. The van der Waals surface area contributed by atoms with Gasteiger partial charge in [0.25, 0.3) is 0 Å². The van der Waals surface area contributed by atoms with Gasteiger partial charge >= 0.3 is 0 Å². The molecule has 3 aliphatic rings. The first-order chi connectivity index (χ1) is 11.4. The van der Waals surface area contributed by atoms with E-state index in [1.165, 1.54) is 0 Å². The zero-order chi connectivity index (χ0) is 17.3. The van der Waals surface area contributed by atoms with E-state index in [2.05, 4.69) is 6.92 Å². The number of nitrogens with zero attached hydrogens (tertiary/aromatic N) is 2. The molecule has 0 aliphatic carbocycles. The zero-order valence-corrected chi connectivity index (χ0v) is 15.3. The smallest absolute Gasteiger partial charge is 0.225 e. The molecule has 0 aromatic carbocycles. The molecule has 2 amide bonds. The van der Waals surface area contributed by atoms with Crippen LogP contribution in [0, 0.1) is 11.8 Å². The Labute approximate surface area is 144 Å². The predicted molar refractivity (Wildman–Crippen MR) is 91.1 cm³/mol. The molecule has 6 nitrogen and oxygen atoms in total. The largest absolute Gasteiger partial charge is 0.342 e. The molecule has 3 heterocycles. The molecule has 0 spiro atoms. The number of fused-ring (bicyclic) bond motifs is 1. The molecule has 0 aromatic rings. The third-order valence-corrected chi connectivity index (χ3v) is 7.54. The van der Waals surface area contributed by atoms with Gasteiger partial charge in [-0.3, -0.25) is 9.59 Å². The van der Waals surface area contributed by atoms with Gasteiger partial charge in [-0.05, 0) is 38.0 Å². The first kappa shape index (κ1) is 17.7. The zero-order valence-electron chi connectivity index (χ0n) is 14.4. The molecule has 3 aliphatic heterocycles. The van der Waals surface area contributed by atoms with Crippen molar-refractivity contribution >= 4 is 21.7 Å². The van der Waals surface area contributed by atoms with Gasteiger partial charge in [-0.1, -0.05) is 6.92 Å². The number of hydrogen-bond donors (Lipinski definition) is 0. The van der Waals surface area contributed by atoms with Crippen LogP contribution < -0.4 is 0 Å². The number of amides is 2. The molecule has 0 saturated carbocycles. The summed E-state index contributed by atoms with van der Waals surface area (Å²) in [7, 11) is -2.93. The van der Waals surface area contributed by atoms with Crippen molar-refractivity contribution in [2.24, 2.45) is 11.8 Å². The van der Waals surface area contributed by atoms with Crippen molar-refractivity contribution in [3.8, 4) is 0 Å². The van der Waals surface area contributed by atoms with E-state index in [1.807, 2.05) is 9.80 Å². The molecule has 0 radical (unpaired) electrons. The molecule has 2 atom stereocenters. The molecule has 136 valence electrons. The van der Waals surface area contributed by atoms with Crippen molar-refractivity contribution in [2.45, 2.75) is 51.5 Å². The summed E-state index contributed by atoms with van der Waals surface area (Å²) in [6.07, 6.45) is 4.21. The molecular weight excluding hydrogens is 328 g/mol. The lowest BCUT2D eigenvalue weighted by molar-refractivity contribution is -0.146. The maximum atomic E-state index is 12.8. The highest BCUT2D eigenvalue weighted by Crippen LogP contribution is 2.33. The van der Waals surface area contributed by atoms with Crippen LogP contribution in [0.25, 0.3) is 0 Å². The van der Waals surface area contributed by atoms with Crippen LogP contribution >= 0.6 is 0 Å². The first-order valence-electron chi connectivity index (χ1n) is 9.20. The lowest BCUT2D eigenvalue weighted by Gasteiger charge is -2.47. The highest BCUT2D eigenvalue weighted by Gasteiger charge is 2.41. The minimum absolute atomic E-state index is 0.127. The normalized spacial score (nSPS) is 31.0. The highest BCUT2D eigenvalue weighted by molar-refractivity contribution is 7.91. The number of sulfone groups is 1. The standard InChI is InChI=1S/C17H28N2O4S/c1-2-8-19-15-5-9-18(12-14(15)3-4-16(19)20)17(21)13-6-10-24(22,23)11-7-13/h13-15H,2-12H2,1H3/t14-,15+/m0/s1. The van der Waals surface area contributed by atoms with E-state index in [1.54, 1.807) is 0 Å². The Hall–Kier alpha value is -1.11. The summed E-state index contributed by atoms with van der Waals surface area (Å²) in [6, 6.07) is 0.280. The minimum atomic E-state index is -2.93. The Bertz CT molecular complexity index is 590. The van der Waals surface area contributed by atoms with Crippen LogP contribution in [0.5, 0.6) is 0 Å². The monoisotopic (exact) mass is 356 g/mol. The van der Waals surface area contributed by atoms with Crippen molar-refractivity contribution in [3.05, 3.63) is 0 Å². The SMILES string of the molecule is CCCN1C(=O)CC[C@H]2CN(C(=O)C3CCS(=O)(=O)CC3)CC[C@H]21. The van der Waals surface area contributed by atoms with E-state index in [0.717, 1.165) is 32.4 Å². The Balaban J connectivity index is 1.61. The van der Waals surface area contributed by atoms with E-state index in [9.17, 15) is 18.0 Å². The highest BCUT2D eigenvalue weighted by atomic mass is 32.2. The number of piperidine rings is 2. The maximum Gasteiger partial charge on any atom is 0.225 e. The van der Waals surface area contributed by atoms with Gasteiger partial charge in [-0.15, -0.1) is 0 Å². The minimum Gasteiger partial charge on any atom is -0.342 e. The van der Waals surface area contributed by atoms with Crippen LogP contribution in [-0.4, -0.2) is 67.2 Å². The fraction of sp³-hybridized carbons (Fsp3) is 0.882. The van der Waals surface area contributed by atoms with E-state index in [0.29, 0.717) is 31.7 Å². The second-order valence-electron chi connectivity index (χ2n) is 7.45. The van der Waals surface area contributed by atoms with Gasteiger partial charge in [0, 0.05) is 38.0 Å².